The van der Waals surface area contributed by atoms with Crippen LogP contribution in [0, 0.1) is 0 Å². The lowest BCUT2D eigenvalue weighted by atomic mass is 10.2. The molecular weight excluding hydrogens is 294 g/mol. The molecule has 0 saturated carbocycles. The van der Waals surface area contributed by atoms with Gasteiger partial charge in [-0.2, -0.15) is 0 Å². The predicted octanol–water partition coefficient (Wildman–Crippen LogP) is 3.17. The van der Waals surface area contributed by atoms with Crippen LogP contribution in [-0.4, -0.2) is 31.2 Å². The second-order valence-electron chi connectivity index (χ2n) is 5.29. The maximum Gasteiger partial charge on any atom is 0.257 e. The highest BCUT2D eigenvalue weighted by atomic mass is 16.5. The van der Waals surface area contributed by atoms with E-state index in [0.717, 1.165) is 5.69 Å². The molecule has 0 aliphatic carbocycles. The molecule has 6 heteroatoms. The fourth-order valence-electron chi connectivity index (χ4n) is 2.01. The van der Waals surface area contributed by atoms with E-state index in [0.29, 0.717) is 28.9 Å². The van der Waals surface area contributed by atoms with Gasteiger partial charge < -0.3 is 20.1 Å². The van der Waals surface area contributed by atoms with E-state index < -0.39 is 0 Å². The van der Waals surface area contributed by atoms with Gasteiger partial charge >= 0.3 is 0 Å². The molecule has 122 valence electrons. The maximum atomic E-state index is 12.3. The Morgan fingerprint density at radius 1 is 1.09 bits per heavy atom. The van der Waals surface area contributed by atoms with Gasteiger partial charge in [0.05, 0.1) is 26.1 Å². The predicted molar refractivity (Wildman–Crippen MR) is 90.5 cm³/mol. The van der Waals surface area contributed by atoms with Crippen molar-refractivity contribution in [3.8, 4) is 11.5 Å². The zero-order valence-electron chi connectivity index (χ0n) is 13.7. The van der Waals surface area contributed by atoms with Crippen LogP contribution in [0.25, 0.3) is 0 Å². The van der Waals surface area contributed by atoms with Crippen molar-refractivity contribution in [1.82, 2.24) is 4.98 Å². The molecule has 0 bridgehead atoms. The first kappa shape index (κ1) is 16.6. The number of hydrogen-bond donors (Lipinski definition) is 2. The molecule has 1 aromatic heterocycles. The highest BCUT2D eigenvalue weighted by Crippen LogP contribution is 2.23. The van der Waals surface area contributed by atoms with Crippen LogP contribution in [0.15, 0.2) is 36.5 Å². The molecule has 2 N–H and O–H groups in total. The van der Waals surface area contributed by atoms with Crippen molar-refractivity contribution in [1.29, 1.82) is 0 Å². The van der Waals surface area contributed by atoms with Crippen molar-refractivity contribution < 1.29 is 14.3 Å². The first-order valence-corrected chi connectivity index (χ1v) is 7.29. The molecule has 0 unspecified atom stereocenters. The monoisotopic (exact) mass is 315 g/mol. The summed E-state index contributed by atoms with van der Waals surface area (Å²) in [6.07, 6.45) is 1.68. The van der Waals surface area contributed by atoms with E-state index in [1.54, 1.807) is 44.7 Å². The van der Waals surface area contributed by atoms with Crippen LogP contribution in [0.4, 0.5) is 11.5 Å². The molecule has 0 radical (unpaired) electrons. The molecule has 0 spiro atoms. The number of methoxy groups -OCH3 is 2. The van der Waals surface area contributed by atoms with E-state index in [9.17, 15) is 4.79 Å². The molecule has 2 aromatic rings. The fourth-order valence-corrected chi connectivity index (χ4v) is 2.01. The number of nitrogens with one attached hydrogen (secondary N) is 2. The molecule has 0 atom stereocenters. The van der Waals surface area contributed by atoms with Crippen LogP contribution in [-0.2, 0) is 0 Å². The lowest BCUT2D eigenvalue weighted by molar-refractivity contribution is 0.102. The summed E-state index contributed by atoms with van der Waals surface area (Å²) < 4.78 is 10.3. The van der Waals surface area contributed by atoms with Gasteiger partial charge in [0.15, 0.2) is 0 Å². The summed E-state index contributed by atoms with van der Waals surface area (Å²) in [6.45, 7) is 4.09. The summed E-state index contributed by atoms with van der Waals surface area (Å²) in [4.78, 5) is 16.6. The summed E-state index contributed by atoms with van der Waals surface area (Å²) in [5.74, 6) is 1.31. The van der Waals surface area contributed by atoms with E-state index in [-0.39, 0.29) is 5.91 Å². The summed E-state index contributed by atoms with van der Waals surface area (Å²) in [6, 6.07) is 8.94. The number of benzene rings is 1. The summed E-state index contributed by atoms with van der Waals surface area (Å²) in [5.41, 5.74) is 1.34. The number of nitrogens with zero attached hydrogens (tertiary/aromatic N) is 1. The van der Waals surface area contributed by atoms with Crippen molar-refractivity contribution in [2.45, 2.75) is 19.9 Å². The first-order valence-electron chi connectivity index (χ1n) is 7.29. The number of ether oxygens (including phenoxy) is 2. The standard InChI is InChI=1S/C17H21N3O3/c1-11(2)19-13-5-6-16(18-10-13)20-17(21)12-7-14(22-3)9-15(8-12)23-4/h5-11,19H,1-4H3,(H,18,20,21). The Hall–Kier alpha value is -2.76. The van der Waals surface area contributed by atoms with Crippen LogP contribution >= 0.6 is 0 Å². The second kappa shape index (κ2) is 7.49. The molecule has 6 nitrogen and oxygen atoms in total. The second-order valence-corrected chi connectivity index (χ2v) is 5.29. The minimum Gasteiger partial charge on any atom is -0.497 e. The van der Waals surface area contributed by atoms with Crippen molar-refractivity contribution in [2.24, 2.45) is 0 Å². The topological polar surface area (TPSA) is 72.5 Å². The molecular formula is C17H21N3O3. The van der Waals surface area contributed by atoms with Crippen molar-refractivity contribution in [3.05, 3.63) is 42.1 Å². The average Bonchev–Trinajstić information content (AvgIpc) is 2.55. The van der Waals surface area contributed by atoms with E-state index >= 15 is 0 Å². The molecule has 0 fully saturated rings. The van der Waals surface area contributed by atoms with Crippen LogP contribution in [0.5, 0.6) is 11.5 Å². The summed E-state index contributed by atoms with van der Waals surface area (Å²) in [5, 5.41) is 5.99. The third kappa shape index (κ3) is 4.60. The molecule has 0 aliphatic rings. The van der Waals surface area contributed by atoms with Crippen LogP contribution in [0.1, 0.15) is 24.2 Å². The molecule has 1 amide bonds. The van der Waals surface area contributed by atoms with Gasteiger partial charge in [-0.3, -0.25) is 4.79 Å². The van der Waals surface area contributed by atoms with E-state index in [1.165, 1.54) is 0 Å². The molecule has 0 aliphatic heterocycles. The van der Waals surface area contributed by atoms with Crippen LogP contribution in [0.3, 0.4) is 0 Å². The number of rotatable bonds is 6. The summed E-state index contributed by atoms with van der Waals surface area (Å²) >= 11 is 0. The Kier molecular flexibility index (Phi) is 5.41. The molecule has 1 aromatic carbocycles. The van der Waals surface area contributed by atoms with E-state index in [4.69, 9.17) is 9.47 Å². The highest BCUT2D eigenvalue weighted by molar-refractivity contribution is 6.04. The Morgan fingerprint density at radius 2 is 1.74 bits per heavy atom. The zero-order chi connectivity index (χ0) is 16.8. The lowest BCUT2D eigenvalue weighted by Crippen LogP contribution is -2.14. The van der Waals surface area contributed by atoms with E-state index in [1.807, 2.05) is 19.9 Å². The number of anilines is 2. The molecule has 23 heavy (non-hydrogen) atoms. The Morgan fingerprint density at radius 3 is 2.22 bits per heavy atom. The number of carbonyl (C=O) groups is 1. The number of aromatic nitrogens is 1. The molecule has 0 saturated heterocycles. The third-order valence-electron chi connectivity index (χ3n) is 3.07. The van der Waals surface area contributed by atoms with Crippen LogP contribution < -0.4 is 20.1 Å². The summed E-state index contributed by atoms with van der Waals surface area (Å²) in [7, 11) is 3.08. The highest BCUT2D eigenvalue weighted by Gasteiger charge is 2.11. The maximum absolute atomic E-state index is 12.3. The largest absolute Gasteiger partial charge is 0.497 e. The number of carbonyl (C=O) groups excluding carboxylic acids is 1. The lowest BCUT2D eigenvalue weighted by Gasteiger charge is -2.11. The quantitative estimate of drug-likeness (QED) is 0.856. The van der Waals surface area contributed by atoms with Gasteiger partial charge in [-0.1, -0.05) is 0 Å². The van der Waals surface area contributed by atoms with Crippen molar-refractivity contribution >= 4 is 17.4 Å². The van der Waals surface area contributed by atoms with Gasteiger partial charge in [0.25, 0.3) is 5.91 Å². The Labute approximate surface area is 135 Å². The SMILES string of the molecule is COc1cc(OC)cc(C(=O)Nc2ccc(NC(C)C)cn2)c1. The van der Waals surface area contributed by atoms with Crippen molar-refractivity contribution in [3.63, 3.8) is 0 Å². The third-order valence-corrected chi connectivity index (χ3v) is 3.07. The first-order chi connectivity index (χ1) is 11.0. The fraction of sp³-hybridized carbons (Fsp3) is 0.294. The Bertz CT molecular complexity index is 647. The molecule has 2 rings (SSSR count). The zero-order valence-corrected chi connectivity index (χ0v) is 13.7. The number of hydrogen-bond acceptors (Lipinski definition) is 5. The van der Waals surface area contributed by atoms with Crippen LogP contribution in [0.2, 0.25) is 0 Å². The minimum atomic E-state index is -0.278. The van der Waals surface area contributed by atoms with Crippen molar-refractivity contribution in [2.75, 3.05) is 24.9 Å². The molecule has 1 heterocycles. The number of amides is 1. The number of pyridine rings is 1. The van der Waals surface area contributed by atoms with Gasteiger partial charge in [-0.15, -0.1) is 0 Å². The smallest absolute Gasteiger partial charge is 0.257 e. The van der Waals surface area contributed by atoms with E-state index in [2.05, 4.69) is 15.6 Å². The van der Waals surface area contributed by atoms with Gasteiger partial charge in [0, 0.05) is 17.7 Å². The van der Waals surface area contributed by atoms with Gasteiger partial charge in [0.2, 0.25) is 0 Å². The van der Waals surface area contributed by atoms with Gasteiger partial charge in [-0.05, 0) is 38.1 Å². The minimum absolute atomic E-state index is 0.278. The Balaban J connectivity index is 2.12. The van der Waals surface area contributed by atoms with Gasteiger partial charge in [0.1, 0.15) is 17.3 Å². The van der Waals surface area contributed by atoms with Gasteiger partial charge in [-0.25, -0.2) is 4.98 Å². The average molecular weight is 315 g/mol. The normalized spacial score (nSPS) is 10.3.